The van der Waals surface area contributed by atoms with Gasteiger partial charge in [0.15, 0.2) is 0 Å². The summed E-state index contributed by atoms with van der Waals surface area (Å²) in [6.45, 7) is 1.77. The molecular weight excluding hydrogens is 236 g/mol. The van der Waals surface area contributed by atoms with E-state index in [0.717, 1.165) is 13.1 Å². The second kappa shape index (κ2) is 6.16. The van der Waals surface area contributed by atoms with E-state index in [1.165, 1.54) is 31.9 Å². The highest BCUT2D eigenvalue weighted by molar-refractivity contribution is 7.90. The number of hydrogen-bond acceptors (Lipinski definition) is 4. The summed E-state index contributed by atoms with van der Waals surface area (Å²) in [7, 11) is 1.48. The standard InChI is InChI=1S/C12H26N2O2S/c1-14(2)12(7-4-5-8-12)11-13-9-6-10-17(3,15)16/h13H,4-11H2,1-3H3. The summed E-state index contributed by atoms with van der Waals surface area (Å²) in [5.41, 5.74) is 0.297. The normalized spacial score (nSPS) is 20.0. The van der Waals surface area contributed by atoms with Crippen molar-refractivity contribution in [3.05, 3.63) is 0 Å². The number of sulfone groups is 1. The summed E-state index contributed by atoms with van der Waals surface area (Å²) in [6, 6.07) is 0. The van der Waals surface area contributed by atoms with E-state index in [-0.39, 0.29) is 5.75 Å². The lowest BCUT2D eigenvalue weighted by atomic mass is 9.96. The van der Waals surface area contributed by atoms with Crippen LogP contribution in [0.15, 0.2) is 0 Å². The molecule has 1 saturated carbocycles. The molecule has 0 radical (unpaired) electrons. The Labute approximate surface area is 106 Å². The van der Waals surface area contributed by atoms with Gasteiger partial charge in [0.2, 0.25) is 0 Å². The lowest BCUT2D eigenvalue weighted by Crippen LogP contribution is -2.49. The van der Waals surface area contributed by atoms with Crippen LogP contribution in [0.3, 0.4) is 0 Å². The van der Waals surface area contributed by atoms with Crippen LogP contribution in [0.25, 0.3) is 0 Å². The maximum absolute atomic E-state index is 11.0. The fourth-order valence-electron chi connectivity index (χ4n) is 2.60. The highest BCUT2D eigenvalue weighted by Gasteiger charge is 2.35. The van der Waals surface area contributed by atoms with Gasteiger partial charge in [-0.1, -0.05) is 12.8 Å². The molecule has 17 heavy (non-hydrogen) atoms. The van der Waals surface area contributed by atoms with Crippen molar-refractivity contribution in [2.75, 3.05) is 39.2 Å². The van der Waals surface area contributed by atoms with Crippen molar-refractivity contribution in [3.8, 4) is 0 Å². The molecule has 0 amide bonds. The van der Waals surface area contributed by atoms with Crippen LogP contribution in [0.4, 0.5) is 0 Å². The van der Waals surface area contributed by atoms with Gasteiger partial charge in [-0.05, 0) is 39.9 Å². The van der Waals surface area contributed by atoms with Crippen molar-refractivity contribution < 1.29 is 8.42 Å². The van der Waals surface area contributed by atoms with E-state index in [1.807, 2.05) is 0 Å². The zero-order valence-corrected chi connectivity index (χ0v) is 12.1. The smallest absolute Gasteiger partial charge is 0.147 e. The summed E-state index contributed by atoms with van der Waals surface area (Å²) in [5, 5.41) is 3.42. The number of nitrogens with zero attached hydrogens (tertiary/aromatic N) is 1. The molecule has 0 aromatic heterocycles. The van der Waals surface area contributed by atoms with Gasteiger partial charge in [-0.2, -0.15) is 0 Å². The third kappa shape index (κ3) is 4.94. The minimum atomic E-state index is -2.81. The molecule has 0 aromatic rings. The van der Waals surface area contributed by atoms with Gasteiger partial charge in [0.25, 0.3) is 0 Å². The van der Waals surface area contributed by atoms with Crippen LogP contribution in [0.2, 0.25) is 0 Å². The molecule has 102 valence electrons. The molecule has 1 N–H and O–H groups in total. The Hall–Kier alpha value is -0.130. The maximum atomic E-state index is 11.0. The Morgan fingerprint density at radius 1 is 1.24 bits per heavy atom. The van der Waals surface area contributed by atoms with Crippen LogP contribution >= 0.6 is 0 Å². The Morgan fingerprint density at radius 2 is 1.82 bits per heavy atom. The molecule has 0 saturated heterocycles. The van der Waals surface area contributed by atoms with Crippen LogP contribution in [-0.4, -0.2) is 58.1 Å². The second-order valence-electron chi connectivity index (χ2n) is 5.49. The number of hydrogen-bond donors (Lipinski definition) is 1. The average molecular weight is 262 g/mol. The Kier molecular flexibility index (Phi) is 5.41. The first-order valence-electron chi connectivity index (χ1n) is 6.42. The molecule has 0 heterocycles. The van der Waals surface area contributed by atoms with Crippen molar-refractivity contribution in [3.63, 3.8) is 0 Å². The second-order valence-corrected chi connectivity index (χ2v) is 7.75. The first-order chi connectivity index (χ1) is 7.86. The molecule has 1 aliphatic carbocycles. The average Bonchev–Trinajstić information content (AvgIpc) is 2.65. The summed E-state index contributed by atoms with van der Waals surface area (Å²) in [5.74, 6) is 0.287. The van der Waals surface area contributed by atoms with Gasteiger partial charge in [0.05, 0.1) is 5.75 Å². The molecule has 4 nitrogen and oxygen atoms in total. The third-order valence-corrected chi connectivity index (χ3v) is 4.84. The van der Waals surface area contributed by atoms with Crippen molar-refractivity contribution in [2.24, 2.45) is 0 Å². The maximum Gasteiger partial charge on any atom is 0.147 e. The van der Waals surface area contributed by atoms with Crippen molar-refractivity contribution >= 4 is 9.84 Å². The fourth-order valence-corrected chi connectivity index (χ4v) is 3.26. The van der Waals surface area contributed by atoms with Crippen molar-refractivity contribution in [1.29, 1.82) is 0 Å². The molecule has 0 unspecified atom stereocenters. The van der Waals surface area contributed by atoms with Crippen LogP contribution in [0.5, 0.6) is 0 Å². The van der Waals surface area contributed by atoms with Gasteiger partial charge in [-0.25, -0.2) is 8.42 Å². The van der Waals surface area contributed by atoms with Crippen LogP contribution in [-0.2, 0) is 9.84 Å². The molecule has 0 aromatic carbocycles. The summed E-state index contributed by atoms with van der Waals surface area (Å²) < 4.78 is 22.0. The molecule has 5 heteroatoms. The van der Waals surface area contributed by atoms with Gasteiger partial charge >= 0.3 is 0 Å². The molecule has 1 fully saturated rings. The fraction of sp³-hybridized carbons (Fsp3) is 1.00. The zero-order valence-electron chi connectivity index (χ0n) is 11.3. The van der Waals surface area contributed by atoms with E-state index in [2.05, 4.69) is 24.3 Å². The van der Waals surface area contributed by atoms with E-state index < -0.39 is 9.84 Å². The molecule has 1 rings (SSSR count). The first kappa shape index (κ1) is 14.9. The van der Waals surface area contributed by atoms with Crippen molar-refractivity contribution in [2.45, 2.75) is 37.6 Å². The topological polar surface area (TPSA) is 49.4 Å². The predicted molar refractivity (Wildman–Crippen MR) is 72.1 cm³/mol. The Morgan fingerprint density at radius 3 is 2.29 bits per heavy atom. The van der Waals surface area contributed by atoms with Gasteiger partial charge in [-0.3, -0.25) is 0 Å². The SMILES string of the molecule is CN(C)C1(CNCCCS(C)(=O)=O)CCCC1. The van der Waals surface area contributed by atoms with E-state index >= 15 is 0 Å². The Balaban J connectivity index is 2.25. The van der Waals surface area contributed by atoms with Gasteiger partial charge in [0.1, 0.15) is 9.84 Å². The summed E-state index contributed by atoms with van der Waals surface area (Å²) >= 11 is 0. The zero-order chi connectivity index (χ0) is 12.9. The van der Waals surface area contributed by atoms with Gasteiger partial charge in [-0.15, -0.1) is 0 Å². The van der Waals surface area contributed by atoms with Crippen LogP contribution in [0, 0.1) is 0 Å². The Bertz CT molecular complexity index is 319. The minimum Gasteiger partial charge on any atom is -0.315 e. The molecule has 0 atom stereocenters. The first-order valence-corrected chi connectivity index (χ1v) is 8.48. The monoisotopic (exact) mass is 262 g/mol. The lowest BCUT2D eigenvalue weighted by Gasteiger charge is -2.36. The van der Waals surface area contributed by atoms with Crippen LogP contribution < -0.4 is 5.32 Å². The molecule has 0 aliphatic heterocycles. The van der Waals surface area contributed by atoms with E-state index in [9.17, 15) is 8.42 Å². The number of likely N-dealkylation sites (N-methyl/N-ethyl adjacent to an activating group) is 1. The van der Waals surface area contributed by atoms with Crippen molar-refractivity contribution in [1.82, 2.24) is 10.2 Å². The van der Waals surface area contributed by atoms with Crippen LogP contribution in [0.1, 0.15) is 32.1 Å². The number of rotatable bonds is 7. The van der Waals surface area contributed by atoms with E-state index in [0.29, 0.717) is 12.0 Å². The van der Waals surface area contributed by atoms with E-state index in [4.69, 9.17) is 0 Å². The molecule has 0 spiro atoms. The summed E-state index contributed by atoms with van der Waals surface area (Å²) in [4.78, 5) is 2.32. The summed E-state index contributed by atoms with van der Waals surface area (Å²) in [6.07, 6.45) is 7.12. The van der Waals surface area contributed by atoms with E-state index in [1.54, 1.807) is 0 Å². The minimum absolute atomic E-state index is 0.287. The molecular formula is C12H26N2O2S. The lowest BCUT2D eigenvalue weighted by molar-refractivity contribution is 0.154. The quantitative estimate of drug-likeness (QED) is 0.692. The highest BCUT2D eigenvalue weighted by Crippen LogP contribution is 2.32. The third-order valence-electron chi connectivity index (χ3n) is 3.81. The molecule has 1 aliphatic rings. The number of nitrogens with one attached hydrogen (secondary N) is 1. The van der Waals surface area contributed by atoms with Gasteiger partial charge < -0.3 is 10.2 Å². The largest absolute Gasteiger partial charge is 0.315 e. The highest BCUT2D eigenvalue weighted by atomic mass is 32.2. The molecule has 0 bridgehead atoms. The van der Waals surface area contributed by atoms with Gasteiger partial charge in [0, 0.05) is 18.3 Å². The predicted octanol–water partition coefficient (Wildman–Crippen LogP) is 0.885.